The van der Waals surface area contributed by atoms with Crippen LogP contribution in [-0.4, -0.2) is 23.3 Å². The molecule has 1 saturated heterocycles. The van der Waals surface area contributed by atoms with Gasteiger partial charge in [0.1, 0.15) is 0 Å². The van der Waals surface area contributed by atoms with Crippen molar-refractivity contribution in [3.63, 3.8) is 0 Å². The Morgan fingerprint density at radius 2 is 1.67 bits per heavy atom. The van der Waals surface area contributed by atoms with Crippen LogP contribution in [0.1, 0.15) is 44.9 Å². The summed E-state index contributed by atoms with van der Waals surface area (Å²) in [7, 11) is 0. The van der Waals surface area contributed by atoms with Gasteiger partial charge in [-0.2, -0.15) is 10.4 Å². The summed E-state index contributed by atoms with van der Waals surface area (Å²) in [6.45, 7) is 8.06. The van der Waals surface area contributed by atoms with Gasteiger partial charge in [-0.25, -0.2) is 0 Å². The van der Waals surface area contributed by atoms with Crippen LogP contribution < -0.4 is 4.90 Å². The minimum absolute atomic E-state index is 0.0106. The fourth-order valence-electron chi connectivity index (χ4n) is 3.23. The second-order valence-corrected chi connectivity index (χ2v) is 7.57. The molecule has 4 nitrogen and oxygen atoms in total. The number of nitrogens with zero attached hydrogens (tertiary/aromatic N) is 4. The average molecular weight is 320 g/mol. The Kier molecular flexibility index (Phi) is 4.28. The standard InChI is InChI=1S/C20H24N4/c1-19(2,3)17-9-10-18(23-22-17)24-13-11-20(15-21,12-14-24)16-7-5-4-6-8-16/h4-10H,11-14H2,1-3H3. The molecule has 0 spiro atoms. The number of aromatic nitrogens is 2. The zero-order chi connectivity index (χ0) is 17.2. The molecule has 0 atom stereocenters. The number of hydrogen-bond acceptors (Lipinski definition) is 4. The van der Waals surface area contributed by atoms with Gasteiger partial charge in [0.15, 0.2) is 5.82 Å². The van der Waals surface area contributed by atoms with Gasteiger partial charge in [-0.05, 0) is 30.5 Å². The highest BCUT2D eigenvalue weighted by atomic mass is 15.3. The summed E-state index contributed by atoms with van der Waals surface area (Å²) in [4.78, 5) is 2.23. The van der Waals surface area contributed by atoms with Crippen LogP contribution in [0.15, 0.2) is 42.5 Å². The molecule has 24 heavy (non-hydrogen) atoms. The third-order valence-corrected chi connectivity index (χ3v) is 4.90. The lowest BCUT2D eigenvalue weighted by molar-refractivity contribution is 0.413. The van der Waals surface area contributed by atoms with Gasteiger partial charge in [0.05, 0.1) is 17.2 Å². The van der Waals surface area contributed by atoms with E-state index < -0.39 is 0 Å². The SMILES string of the molecule is CC(C)(C)c1ccc(N2CCC(C#N)(c3ccccc3)CC2)nn1. The van der Waals surface area contributed by atoms with Crippen LogP contribution in [0.4, 0.5) is 5.82 Å². The van der Waals surface area contributed by atoms with Crippen LogP contribution in [0.2, 0.25) is 0 Å². The van der Waals surface area contributed by atoms with Gasteiger partial charge in [-0.15, -0.1) is 5.10 Å². The highest BCUT2D eigenvalue weighted by Crippen LogP contribution is 2.36. The van der Waals surface area contributed by atoms with Crippen molar-refractivity contribution in [3.05, 3.63) is 53.7 Å². The quantitative estimate of drug-likeness (QED) is 0.843. The molecule has 0 N–H and O–H groups in total. The van der Waals surface area contributed by atoms with Crippen molar-refractivity contribution in [2.45, 2.75) is 44.4 Å². The van der Waals surface area contributed by atoms with Crippen LogP contribution >= 0.6 is 0 Å². The molecule has 1 fully saturated rings. The fraction of sp³-hybridized carbons (Fsp3) is 0.450. The minimum Gasteiger partial charge on any atom is -0.355 e. The predicted molar refractivity (Wildman–Crippen MR) is 95.9 cm³/mol. The van der Waals surface area contributed by atoms with Crippen LogP contribution in [0.25, 0.3) is 0 Å². The Balaban J connectivity index is 1.74. The number of nitriles is 1. The van der Waals surface area contributed by atoms with Gasteiger partial charge >= 0.3 is 0 Å². The first-order chi connectivity index (χ1) is 11.4. The Hall–Kier alpha value is -2.41. The van der Waals surface area contributed by atoms with E-state index in [0.29, 0.717) is 0 Å². The van der Waals surface area contributed by atoms with Gasteiger partial charge in [0.25, 0.3) is 0 Å². The molecular formula is C20H24N4. The molecule has 0 aliphatic carbocycles. The molecule has 0 radical (unpaired) electrons. The molecule has 4 heteroatoms. The fourth-order valence-corrected chi connectivity index (χ4v) is 3.23. The van der Waals surface area contributed by atoms with E-state index in [-0.39, 0.29) is 10.8 Å². The molecule has 2 heterocycles. The van der Waals surface area contributed by atoms with Crippen molar-refractivity contribution < 1.29 is 0 Å². The predicted octanol–water partition coefficient (Wildman–Crippen LogP) is 3.84. The van der Waals surface area contributed by atoms with E-state index in [0.717, 1.165) is 43.0 Å². The van der Waals surface area contributed by atoms with Crippen molar-refractivity contribution in [2.75, 3.05) is 18.0 Å². The molecule has 0 unspecified atom stereocenters. The molecule has 1 aliphatic heterocycles. The molecule has 2 aromatic rings. The molecule has 0 bridgehead atoms. The summed E-state index contributed by atoms with van der Waals surface area (Å²) in [6.07, 6.45) is 1.63. The molecular weight excluding hydrogens is 296 g/mol. The summed E-state index contributed by atoms with van der Waals surface area (Å²) in [5.74, 6) is 0.905. The molecule has 124 valence electrons. The van der Waals surface area contributed by atoms with E-state index in [2.05, 4.69) is 66.2 Å². The molecule has 0 amide bonds. The monoisotopic (exact) mass is 320 g/mol. The van der Waals surface area contributed by atoms with Crippen LogP contribution in [0, 0.1) is 11.3 Å². The first-order valence-corrected chi connectivity index (χ1v) is 8.51. The topological polar surface area (TPSA) is 52.8 Å². The largest absolute Gasteiger partial charge is 0.355 e. The number of anilines is 1. The molecule has 1 aromatic carbocycles. The van der Waals surface area contributed by atoms with Gasteiger partial charge in [0, 0.05) is 18.5 Å². The van der Waals surface area contributed by atoms with Gasteiger partial charge in [0.2, 0.25) is 0 Å². The summed E-state index contributed by atoms with van der Waals surface area (Å²) in [6, 6.07) is 16.8. The first-order valence-electron chi connectivity index (χ1n) is 8.51. The third kappa shape index (κ3) is 3.12. The first kappa shape index (κ1) is 16.4. The average Bonchev–Trinajstić information content (AvgIpc) is 2.62. The van der Waals surface area contributed by atoms with Crippen LogP contribution in [0.3, 0.4) is 0 Å². The number of rotatable bonds is 2. The second kappa shape index (κ2) is 6.24. The summed E-state index contributed by atoms with van der Waals surface area (Å²) < 4.78 is 0. The van der Waals surface area contributed by atoms with Crippen molar-refractivity contribution >= 4 is 5.82 Å². The Morgan fingerprint density at radius 3 is 2.17 bits per heavy atom. The summed E-state index contributed by atoms with van der Waals surface area (Å²) in [5, 5.41) is 18.6. The minimum atomic E-state index is -0.378. The van der Waals surface area contributed by atoms with Crippen molar-refractivity contribution in [1.82, 2.24) is 10.2 Å². The maximum atomic E-state index is 9.78. The molecule has 1 aromatic heterocycles. The second-order valence-electron chi connectivity index (χ2n) is 7.57. The highest BCUT2D eigenvalue weighted by molar-refractivity contribution is 5.42. The van der Waals surface area contributed by atoms with E-state index in [4.69, 9.17) is 0 Å². The van der Waals surface area contributed by atoms with Gasteiger partial charge in [-0.1, -0.05) is 51.1 Å². The van der Waals surface area contributed by atoms with E-state index >= 15 is 0 Å². The van der Waals surface area contributed by atoms with Crippen LogP contribution in [-0.2, 0) is 10.8 Å². The Bertz CT molecular complexity index is 715. The lowest BCUT2D eigenvalue weighted by Gasteiger charge is -2.38. The van der Waals surface area contributed by atoms with E-state index in [1.54, 1.807) is 0 Å². The smallest absolute Gasteiger partial charge is 0.151 e. The van der Waals surface area contributed by atoms with Crippen molar-refractivity contribution in [1.29, 1.82) is 5.26 Å². The van der Waals surface area contributed by atoms with Crippen molar-refractivity contribution in [2.24, 2.45) is 0 Å². The maximum Gasteiger partial charge on any atom is 0.151 e. The molecule has 1 aliphatic rings. The molecule has 0 saturated carbocycles. The normalized spacial score (nSPS) is 17.3. The molecule has 3 rings (SSSR count). The lowest BCUT2D eigenvalue weighted by atomic mass is 9.74. The van der Waals surface area contributed by atoms with Crippen molar-refractivity contribution in [3.8, 4) is 6.07 Å². The number of benzene rings is 1. The van der Waals surface area contributed by atoms with Gasteiger partial charge < -0.3 is 4.90 Å². The van der Waals surface area contributed by atoms with Gasteiger partial charge in [-0.3, -0.25) is 0 Å². The van der Waals surface area contributed by atoms with Crippen LogP contribution in [0.5, 0.6) is 0 Å². The summed E-state index contributed by atoms with van der Waals surface area (Å²) >= 11 is 0. The Morgan fingerprint density at radius 1 is 1.00 bits per heavy atom. The third-order valence-electron chi connectivity index (χ3n) is 4.90. The van der Waals surface area contributed by atoms with E-state index in [1.807, 2.05) is 18.2 Å². The zero-order valence-corrected chi connectivity index (χ0v) is 14.7. The lowest BCUT2D eigenvalue weighted by Crippen LogP contribution is -2.42. The number of piperidine rings is 1. The summed E-state index contributed by atoms with van der Waals surface area (Å²) in [5.41, 5.74) is 1.76. The van der Waals surface area contributed by atoms with E-state index in [9.17, 15) is 5.26 Å². The maximum absolute atomic E-state index is 9.78. The highest BCUT2D eigenvalue weighted by Gasteiger charge is 2.36. The zero-order valence-electron chi connectivity index (χ0n) is 14.7. The van der Waals surface area contributed by atoms with E-state index in [1.165, 1.54) is 0 Å². The Labute approximate surface area is 144 Å². The number of hydrogen-bond donors (Lipinski definition) is 0.